The smallest absolute Gasteiger partial charge is 0.0699 e. The Hall–Kier alpha value is 0.0649. The summed E-state index contributed by atoms with van der Waals surface area (Å²) in [5, 5.41) is 0. The quantitative estimate of drug-likeness (QED) is 0.510. The third-order valence-corrected chi connectivity index (χ3v) is 2.04. The van der Waals surface area contributed by atoms with E-state index in [4.69, 9.17) is 7.85 Å². The maximum absolute atomic E-state index is 5.91. The van der Waals surface area contributed by atoms with E-state index in [0.717, 1.165) is 5.92 Å². The molecule has 0 spiro atoms. The van der Waals surface area contributed by atoms with Crippen molar-refractivity contribution in [1.82, 2.24) is 0 Å². The van der Waals surface area contributed by atoms with Crippen molar-refractivity contribution in [3.05, 3.63) is 0 Å². The van der Waals surface area contributed by atoms with Gasteiger partial charge in [-0.25, -0.2) is 0 Å². The first-order valence-electron chi connectivity index (χ1n) is 4.92. The third-order valence-electron chi connectivity index (χ3n) is 2.04. The average Bonchev–Trinajstić information content (AvgIpc) is 1.97. The fourth-order valence-corrected chi connectivity index (χ4v) is 1.16. The lowest BCUT2D eigenvalue weighted by Crippen LogP contribution is -1.96. The van der Waals surface area contributed by atoms with E-state index in [1.807, 2.05) is 0 Å². The summed E-state index contributed by atoms with van der Waals surface area (Å²) in [6, 6.07) is 0. The van der Waals surface area contributed by atoms with Gasteiger partial charge in [0.2, 0.25) is 0 Å². The normalized spacial score (nSPS) is 13.8. The Kier molecular flexibility index (Phi) is 6.80. The van der Waals surface area contributed by atoms with Crippen molar-refractivity contribution in [2.75, 3.05) is 0 Å². The predicted molar refractivity (Wildman–Crippen MR) is 53.1 cm³/mol. The van der Waals surface area contributed by atoms with Crippen LogP contribution in [-0.4, -0.2) is 7.85 Å². The molecule has 0 N–H and O–H groups in total. The highest BCUT2D eigenvalue weighted by molar-refractivity contribution is 6.11. The first-order chi connectivity index (χ1) is 5.16. The van der Waals surface area contributed by atoms with Crippen molar-refractivity contribution in [3.8, 4) is 0 Å². The molecule has 1 atom stereocenters. The van der Waals surface area contributed by atoms with E-state index >= 15 is 0 Å². The minimum absolute atomic E-state index is 0.456. The molecule has 0 saturated heterocycles. The standard InChI is InChI=1S/C10H21B/c1-4-5-6-10(11)8-7-9(2)3/h9-10H,4-8H2,1-3H3/t10-/m0/s1. The third kappa shape index (κ3) is 7.97. The Labute approximate surface area is 73.2 Å². The van der Waals surface area contributed by atoms with Crippen LogP contribution < -0.4 is 0 Å². The Morgan fingerprint density at radius 2 is 1.73 bits per heavy atom. The van der Waals surface area contributed by atoms with Gasteiger partial charge in [0.15, 0.2) is 0 Å². The van der Waals surface area contributed by atoms with Crippen molar-refractivity contribution in [2.24, 2.45) is 5.92 Å². The van der Waals surface area contributed by atoms with E-state index < -0.39 is 0 Å². The van der Waals surface area contributed by atoms with Gasteiger partial charge < -0.3 is 0 Å². The lowest BCUT2D eigenvalue weighted by atomic mass is 9.78. The second-order valence-corrected chi connectivity index (χ2v) is 3.87. The van der Waals surface area contributed by atoms with Gasteiger partial charge in [0.25, 0.3) is 0 Å². The molecule has 0 aromatic carbocycles. The molecule has 0 rings (SSSR count). The topological polar surface area (TPSA) is 0 Å². The minimum Gasteiger partial charge on any atom is -0.0774 e. The Morgan fingerprint density at radius 1 is 1.09 bits per heavy atom. The van der Waals surface area contributed by atoms with Crippen molar-refractivity contribution in [2.45, 2.75) is 58.7 Å². The summed E-state index contributed by atoms with van der Waals surface area (Å²) in [6.07, 6.45) is 6.26. The fraction of sp³-hybridized carbons (Fsp3) is 1.00. The summed E-state index contributed by atoms with van der Waals surface area (Å²) in [5.74, 6) is 1.26. The lowest BCUT2D eigenvalue weighted by molar-refractivity contribution is 0.518. The van der Waals surface area contributed by atoms with E-state index in [2.05, 4.69) is 20.8 Å². The van der Waals surface area contributed by atoms with E-state index in [1.54, 1.807) is 0 Å². The lowest BCUT2D eigenvalue weighted by Gasteiger charge is -2.11. The van der Waals surface area contributed by atoms with Crippen molar-refractivity contribution in [1.29, 1.82) is 0 Å². The van der Waals surface area contributed by atoms with Crippen LogP contribution in [0.25, 0.3) is 0 Å². The van der Waals surface area contributed by atoms with Crippen LogP contribution in [0.15, 0.2) is 0 Å². The van der Waals surface area contributed by atoms with Crippen LogP contribution in [0.3, 0.4) is 0 Å². The molecule has 0 aliphatic rings. The SMILES string of the molecule is [B][C@@H](CCCC)CCC(C)C. The van der Waals surface area contributed by atoms with Gasteiger partial charge in [-0.3, -0.25) is 0 Å². The van der Waals surface area contributed by atoms with Gasteiger partial charge in [-0.05, 0) is 5.92 Å². The van der Waals surface area contributed by atoms with Crippen molar-refractivity contribution < 1.29 is 0 Å². The average molecular weight is 152 g/mol. The van der Waals surface area contributed by atoms with Crippen molar-refractivity contribution >= 4 is 7.85 Å². The van der Waals surface area contributed by atoms with E-state index in [0.29, 0.717) is 5.82 Å². The summed E-state index contributed by atoms with van der Waals surface area (Å²) < 4.78 is 0. The summed E-state index contributed by atoms with van der Waals surface area (Å²) in [4.78, 5) is 0. The van der Waals surface area contributed by atoms with Gasteiger partial charge in [0.1, 0.15) is 0 Å². The molecule has 0 unspecified atom stereocenters. The molecule has 0 saturated carbocycles. The monoisotopic (exact) mass is 152 g/mol. The molecule has 11 heavy (non-hydrogen) atoms. The van der Waals surface area contributed by atoms with E-state index in [1.165, 1.54) is 32.1 Å². The molecular formula is C10H21B. The molecule has 0 bridgehead atoms. The zero-order valence-electron chi connectivity index (χ0n) is 8.27. The zero-order chi connectivity index (χ0) is 8.69. The van der Waals surface area contributed by atoms with E-state index in [9.17, 15) is 0 Å². The molecular weight excluding hydrogens is 131 g/mol. The van der Waals surface area contributed by atoms with Gasteiger partial charge in [-0.1, -0.05) is 58.7 Å². The van der Waals surface area contributed by atoms with Crippen LogP contribution in [-0.2, 0) is 0 Å². The molecule has 0 aromatic rings. The van der Waals surface area contributed by atoms with Crippen molar-refractivity contribution in [3.63, 3.8) is 0 Å². The highest BCUT2D eigenvalue weighted by Crippen LogP contribution is 2.19. The first kappa shape index (κ1) is 11.1. The largest absolute Gasteiger partial charge is 0.0774 e. The fourth-order valence-electron chi connectivity index (χ4n) is 1.16. The zero-order valence-corrected chi connectivity index (χ0v) is 8.27. The van der Waals surface area contributed by atoms with Gasteiger partial charge in [0.05, 0.1) is 7.85 Å². The van der Waals surface area contributed by atoms with Gasteiger partial charge in [-0.2, -0.15) is 0 Å². The van der Waals surface area contributed by atoms with Crippen LogP contribution in [0, 0.1) is 5.92 Å². The molecule has 2 radical (unpaired) electrons. The van der Waals surface area contributed by atoms with Crippen LogP contribution in [0.4, 0.5) is 0 Å². The summed E-state index contributed by atoms with van der Waals surface area (Å²) >= 11 is 0. The second kappa shape index (κ2) is 6.76. The number of unbranched alkanes of at least 4 members (excludes halogenated alkanes) is 1. The summed E-state index contributed by atoms with van der Waals surface area (Å²) in [7, 11) is 5.91. The van der Waals surface area contributed by atoms with Crippen LogP contribution in [0.1, 0.15) is 52.9 Å². The number of rotatable bonds is 6. The van der Waals surface area contributed by atoms with Gasteiger partial charge in [-0.15, -0.1) is 0 Å². The molecule has 0 amide bonds. The molecule has 0 aliphatic heterocycles. The molecule has 0 fully saturated rings. The van der Waals surface area contributed by atoms with E-state index in [-0.39, 0.29) is 0 Å². The molecule has 0 heterocycles. The number of hydrogen-bond acceptors (Lipinski definition) is 0. The summed E-state index contributed by atoms with van der Waals surface area (Å²) in [5.41, 5.74) is 0. The second-order valence-electron chi connectivity index (χ2n) is 3.87. The molecule has 0 aliphatic carbocycles. The van der Waals surface area contributed by atoms with Crippen LogP contribution in [0.5, 0.6) is 0 Å². The van der Waals surface area contributed by atoms with Gasteiger partial charge in [0, 0.05) is 0 Å². The Balaban J connectivity index is 3.15. The van der Waals surface area contributed by atoms with Crippen LogP contribution >= 0.6 is 0 Å². The van der Waals surface area contributed by atoms with Crippen LogP contribution in [0.2, 0.25) is 5.82 Å². The molecule has 1 heteroatoms. The Bertz CT molecular complexity index is 78.9. The summed E-state index contributed by atoms with van der Waals surface area (Å²) in [6.45, 7) is 6.73. The first-order valence-corrected chi connectivity index (χ1v) is 4.92. The highest BCUT2D eigenvalue weighted by Gasteiger charge is 2.01. The maximum atomic E-state index is 5.91. The molecule has 0 nitrogen and oxygen atoms in total. The number of hydrogen-bond donors (Lipinski definition) is 0. The maximum Gasteiger partial charge on any atom is 0.0699 e. The molecule has 0 aromatic heterocycles. The molecule has 64 valence electrons. The minimum atomic E-state index is 0.456. The Morgan fingerprint density at radius 3 is 2.18 bits per heavy atom. The van der Waals surface area contributed by atoms with Gasteiger partial charge >= 0.3 is 0 Å². The highest BCUT2D eigenvalue weighted by atomic mass is 14.0. The predicted octanol–water partition coefficient (Wildman–Crippen LogP) is 3.57.